The van der Waals surface area contributed by atoms with E-state index >= 15 is 0 Å². The highest BCUT2D eigenvalue weighted by Crippen LogP contribution is 2.44. The molecule has 0 amide bonds. The van der Waals surface area contributed by atoms with Gasteiger partial charge in [0.1, 0.15) is 0 Å². The molecule has 8 rings (SSSR count). The molecule has 0 spiro atoms. The van der Waals surface area contributed by atoms with Crippen molar-refractivity contribution in [2.24, 2.45) is 0 Å². The Labute approximate surface area is 306 Å². The lowest BCUT2D eigenvalue weighted by Gasteiger charge is -2.22. The van der Waals surface area contributed by atoms with Crippen molar-refractivity contribution < 1.29 is 0 Å². The van der Waals surface area contributed by atoms with Crippen molar-refractivity contribution >= 4 is 38.9 Å². The predicted octanol–water partition coefficient (Wildman–Crippen LogP) is 13.1. The van der Waals surface area contributed by atoms with Crippen LogP contribution in [0.2, 0.25) is 0 Å². The number of hydrogen-bond acceptors (Lipinski definition) is 2. The van der Waals surface area contributed by atoms with Crippen molar-refractivity contribution in [3.8, 4) is 27.9 Å². The second-order valence-electron chi connectivity index (χ2n) is 13.1. The minimum atomic E-state index is 0.251. The van der Waals surface area contributed by atoms with Crippen LogP contribution in [0.25, 0.3) is 49.7 Å². The molecule has 3 nitrogen and oxygen atoms in total. The molecule has 0 bridgehead atoms. The van der Waals surface area contributed by atoms with Crippen LogP contribution < -0.4 is 10.2 Å². The Bertz CT molecular complexity index is 2480. The molecule has 52 heavy (non-hydrogen) atoms. The molecular formula is C49H41N3. The van der Waals surface area contributed by atoms with Gasteiger partial charge in [0.25, 0.3) is 0 Å². The lowest BCUT2D eigenvalue weighted by molar-refractivity contribution is 0.884. The standard InChI is InChI=1S/C49H41N3/c1-3-4-5-17-34-51(40-29-27-38(28-30-40)37-18-9-6-10-19-37)42-31-32-44-47(35-42)52(41-22-13-8-14-23-41)46-33-26-36(2)48(49(44)46)43-24-15-16-25-45(43)50-39-20-11-7-12-21-39/h3-20,22-35,39,50H,1,21H2,2H3/b5-4-,34-17-. The number of aryl methyl sites for hydroxylation is 1. The number of para-hydroxylation sites is 2. The number of aromatic nitrogens is 1. The molecule has 0 saturated carbocycles. The van der Waals surface area contributed by atoms with Gasteiger partial charge in [-0.25, -0.2) is 0 Å². The Kier molecular flexibility index (Phi) is 9.23. The van der Waals surface area contributed by atoms with Gasteiger partial charge in [0, 0.05) is 51.3 Å². The van der Waals surface area contributed by atoms with Crippen molar-refractivity contribution in [2.75, 3.05) is 10.2 Å². The highest BCUT2D eigenvalue weighted by molar-refractivity contribution is 6.18. The first-order valence-electron chi connectivity index (χ1n) is 17.9. The molecular weight excluding hydrogens is 631 g/mol. The summed E-state index contributed by atoms with van der Waals surface area (Å²) in [6, 6.07) is 50.5. The van der Waals surface area contributed by atoms with Crippen molar-refractivity contribution in [1.82, 2.24) is 4.57 Å². The summed E-state index contributed by atoms with van der Waals surface area (Å²) in [6.45, 7) is 6.08. The fourth-order valence-electron chi connectivity index (χ4n) is 7.31. The molecule has 3 heteroatoms. The summed E-state index contributed by atoms with van der Waals surface area (Å²) in [7, 11) is 0. The van der Waals surface area contributed by atoms with Crippen molar-refractivity contribution in [3.05, 3.63) is 206 Å². The van der Waals surface area contributed by atoms with Gasteiger partial charge in [0.15, 0.2) is 0 Å². The summed E-state index contributed by atoms with van der Waals surface area (Å²) in [4.78, 5) is 2.26. The van der Waals surface area contributed by atoms with E-state index in [0.717, 1.165) is 34.7 Å². The average Bonchev–Trinajstić information content (AvgIpc) is 3.53. The molecule has 1 heterocycles. The molecule has 1 aliphatic rings. The van der Waals surface area contributed by atoms with E-state index in [1.165, 1.54) is 44.1 Å². The third-order valence-corrected chi connectivity index (χ3v) is 9.78. The molecule has 6 aromatic carbocycles. The van der Waals surface area contributed by atoms with E-state index in [2.05, 4.69) is 204 Å². The second-order valence-corrected chi connectivity index (χ2v) is 13.1. The smallest absolute Gasteiger partial charge is 0.0562 e. The Morgan fingerprint density at radius 2 is 1.42 bits per heavy atom. The lowest BCUT2D eigenvalue weighted by Crippen LogP contribution is -2.17. The molecule has 1 aromatic heterocycles. The molecule has 0 aliphatic heterocycles. The largest absolute Gasteiger partial charge is 0.378 e. The summed E-state index contributed by atoms with van der Waals surface area (Å²) in [6.07, 6.45) is 19.6. The van der Waals surface area contributed by atoms with Crippen LogP contribution in [0.4, 0.5) is 17.1 Å². The van der Waals surface area contributed by atoms with Gasteiger partial charge in [-0.3, -0.25) is 0 Å². The molecule has 0 radical (unpaired) electrons. The fraction of sp³-hybridized carbons (Fsp3) is 0.0612. The quantitative estimate of drug-likeness (QED) is 0.146. The Morgan fingerprint density at radius 3 is 2.19 bits per heavy atom. The van der Waals surface area contributed by atoms with E-state index in [1.807, 2.05) is 12.2 Å². The molecule has 0 fully saturated rings. The molecule has 252 valence electrons. The van der Waals surface area contributed by atoms with Gasteiger partial charge in [-0.05, 0) is 90.2 Å². The monoisotopic (exact) mass is 671 g/mol. The van der Waals surface area contributed by atoms with Gasteiger partial charge in [0.2, 0.25) is 0 Å². The van der Waals surface area contributed by atoms with Gasteiger partial charge in [0.05, 0.1) is 11.0 Å². The van der Waals surface area contributed by atoms with Crippen LogP contribution in [0.1, 0.15) is 12.0 Å². The predicted molar refractivity (Wildman–Crippen MR) is 224 cm³/mol. The van der Waals surface area contributed by atoms with Gasteiger partial charge < -0.3 is 14.8 Å². The molecule has 7 aromatic rings. The van der Waals surface area contributed by atoms with Crippen LogP contribution in [0, 0.1) is 6.92 Å². The van der Waals surface area contributed by atoms with Gasteiger partial charge in [-0.2, -0.15) is 0 Å². The van der Waals surface area contributed by atoms with Gasteiger partial charge in [-0.1, -0.05) is 140 Å². The highest BCUT2D eigenvalue weighted by atomic mass is 15.1. The third-order valence-electron chi connectivity index (χ3n) is 9.78. The van der Waals surface area contributed by atoms with Crippen LogP contribution in [0.5, 0.6) is 0 Å². The molecule has 1 unspecified atom stereocenters. The number of hydrogen-bond donors (Lipinski definition) is 1. The molecule has 1 aliphatic carbocycles. The zero-order valence-electron chi connectivity index (χ0n) is 29.4. The maximum absolute atomic E-state index is 3.85. The van der Waals surface area contributed by atoms with E-state index in [4.69, 9.17) is 0 Å². The van der Waals surface area contributed by atoms with E-state index in [1.54, 1.807) is 6.08 Å². The van der Waals surface area contributed by atoms with Crippen LogP contribution in [0.15, 0.2) is 201 Å². The van der Waals surface area contributed by atoms with E-state index < -0.39 is 0 Å². The number of allylic oxidation sites excluding steroid dienone is 6. The lowest BCUT2D eigenvalue weighted by atomic mass is 9.93. The minimum Gasteiger partial charge on any atom is -0.378 e. The Balaban J connectivity index is 1.32. The van der Waals surface area contributed by atoms with Crippen LogP contribution >= 0.6 is 0 Å². The fourth-order valence-corrected chi connectivity index (χ4v) is 7.31. The number of benzene rings is 6. The van der Waals surface area contributed by atoms with Gasteiger partial charge >= 0.3 is 0 Å². The maximum Gasteiger partial charge on any atom is 0.0562 e. The molecule has 1 atom stereocenters. The zero-order chi connectivity index (χ0) is 35.3. The Hall–Kier alpha value is -6.58. The van der Waals surface area contributed by atoms with E-state index in [-0.39, 0.29) is 6.04 Å². The summed E-state index contributed by atoms with van der Waals surface area (Å²) in [5.41, 5.74) is 12.8. The van der Waals surface area contributed by atoms with Gasteiger partial charge in [-0.15, -0.1) is 0 Å². The van der Waals surface area contributed by atoms with Crippen molar-refractivity contribution in [3.63, 3.8) is 0 Å². The van der Waals surface area contributed by atoms with Crippen molar-refractivity contribution in [1.29, 1.82) is 0 Å². The van der Waals surface area contributed by atoms with Crippen LogP contribution in [0.3, 0.4) is 0 Å². The summed E-state index contributed by atoms with van der Waals surface area (Å²) in [5, 5.41) is 6.31. The van der Waals surface area contributed by atoms with E-state index in [0.29, 0.717) is 0 Å². The SMILES string of the molecule is C=C/C=C\C=C/N(c1ccc(-c2ccccc2)cc1)c1ccc2c3c(-c4ccccc4NC4C=CC=CC4)c(C)ccc3n(-c3ccccc3)c2c1. The zero-order valence-corrected chi connectivity index (χ0v) is 29.4. The third kappa shape index (κ3) is 6.41. The molecule has 0 saturated heterocycles. The number of rotatable bonds is 10. The number of nitrogens with zero attached hydrogens (tertiary/aromatic N) is 2. The van der Waals surface area contributed by atoms with E-state index in [9.17, 15) is 0 Å². The average molecular weight is 672 g/mol. The maximum atomic E-state index is 3.85. The summed E-state index contributed by atoms with van der Waals surface area (Å²) >= 11 is 0. The molecule has 1 N–H and O–H groups in total. The first-order chi connectivity index (χ1) is 25.7. The number of anilines is 3. The first kappa shape index (κ1) is 32.6. The topological polar surface area (TPSA) is 20.2 Å². The summed E-state index contributed by atoms with van der Waals surface area (Å²) in [5.74, 6) is 0. The normalized spacial score (nSPS) is 14.1. The first-order valence-corrected chi connectivity index (χ1v) is 17.9. The summed E-state index contributed by atoms with van der Waals surface area (Å²) < 4.78 is 2.42. The van der Waals surface area contributed by atoms with Crippen molar-refractivity contribution in [2.45, 2.75) is 19.4 Å². The van der Waals surface area contributed by atoms with Crippen LogP contribution in [-0.4, -0.2) is 10.6 Å². The Morgan fingerprint density at radius 1 is 0.692 bits per heavy atom. The number of fused-ring (bicyclic) bond motifs is 3. The van der Waals surface area contributed by atoms with Crippen LogP contribution in [-0.2, 0) is 0 Å². The minimum absolute atomic E-state index is 0.251. The number of nitrogens with one attached hydrogen (secondary N) is 1. The second kappa shape index (κ2) is 14.7. The highest BCUT2D eigenvalue weighted by Gasteiger charge is 2.21.